The highest BCUT2D eigenvalue weighted by Crippen LogP contribution is 2.28. The number of hydrogen-bond donors (Lipinski definition) is 1. The summed E-state index contributed by atoms with van der Waals surface area (Å²) in [7, 11) is 0. The third kappa shape index (κ3) is 6.26. The van der Waals surface area contributed by atoms with Gasteiger partial charge in [0, 0.05) is 51.9 Å². The molecule has 2 amide bonds. The molecule has 2 aliphatic rings. The van der Waals surface area contributed by atoms with Gasteiger partial charge in [0.25, 0.3) is 0 Å². The van der Waals surface area contributed by atoms with Crippen molar-refractivity contribution in [3.05, 3.63) is 24.3 Å². The summed E-state index contributed by atoms with van der Waals surface area (Å²) < 4.78 is 11.3. The number of anilines is 1. The average Bonchev–Trinajstić information content (AvgIpc) is 2.83. The van der Waals surface area contributed by atoms with E-state index in [0.717, 1.165) is 76.8 Å². The van der Waals surface area contributed by atoms with Crippen LogP contribution in [0.4, 0.5) is 10.5 Å². The van der Waals surface area contributed by atoms with Crippen LogP contribution >= 0.6 is 0 Å². The molecule has 2 fully saturated rings. The van der Waals surface area contributed by atoms with Gasteiger partial charge in [-0.05, 0) is 25.0 Å². The molecule has 0 bridgehead atoms. The highest BCUT2D eigenvalue weighted by Gasteiger charge is 2.29. The molecular formula is C24H40N4O3. The summed E-state index contributed by atoms with van der Waals surface area (Å²) in [5, 5.41) is 3.25. The maximum atomic E-state index is 12.9. The van der Waals surface area contributed by atoms with E-state index in [1.165, 1.54) is 0 Å². The van der Waals surface area contributed by atoms with Crippen LogP contribution in [0.1, 0.15) is 33.6 Å². The molecule has 1 aromatic carbocycles. The summed E-state index contributed by atoms with van der Waals surface area (Å²) in [5.74, 6) is 1.51. The molecule has 7 heteroatoms. The number of piperazine rings is 1. The van der Waals surface area contributed by atoms with Crippen LogP contribution in [-0.2, 0) is 4.74 Å². The van der Waals surface area contributed by atoms with Gasteiger partial charge in [-0.15, -0.1) is 0 Å². The van der Waals surface area contributed by atoms with Crippen molar-refractivity contribution in [1.29, 1.82) is 0 Å². The van der Waals surface area contributed by atoms with E-state index in [1.54, 1.807) is 0 Å². The summed E-state index contributed by atoms with van der Waals surface area (Å²) in [6.45, 7) is 14.4. The van der Waals surface area contributed by atoms with Crippen LogP contribution < -0.4 is 15.0 Å². The molecule has 2 saturated heterocycles. The fourth-order valence-corrected chi connectivity index (χ4v) is 4.79. The van der Waals surface area contributed by atoms with Gasteiger partial charge in [-0.1, -0.05) is 38.8 Å². The van der Waals surface area contributed by atoms with Crippen LogP contribution in [0.15, 0.2) is 24.3 Å². The number of carbonyl (C=O) groups is 1. The van der Waals surface area contributed by atoms with Crippen LogP contribution in [0.2, 0.25) is 0 Å². The number of urea groups is 1. The van der Waals surface area contributed by atoms with Crippen molar-refractivity contribution in [2.24, 2.45) is 5.92 Å². The molecule has 1 N–H and O–H groups in total. The Bertz CT molecular complexity index is 669. The van der Waals surface area contributed by atoms with Crippen LogP contribution in [0.25, 0.3) is 0 Å². The molecule has 7 nitrogen and oxygen atoms in total. The first-order valence-corrected chi connectivity index (χ1v) is 12.0. The van der Waals surface area contributed by atoms with Gasteiger partial charge in [-0.2, -0.15) is 0 Å². The molecule has 2 aliphatic heterocycles. The first-order valence-electron chi connectivity index (χ1n) is 12.0. The Morgan fingerprint density at radius 2 is 1.71 bits per heavy atom. The molecule has 0 aromatic heterocycles. The second kappa shape index (κ2) is 12.2. The topological polar surface area (TPSA) is 57.3 Å². The van der Waals surface area contributed by atoms with E-state index in [1.807, 2.05) is 30.0 Å². The lowest BCUT2D eigenvalue weighted by Gasteiger charge is -2.40. The molecule has 0 spiro atoms. The number of benzene rings is 1. The lowest BCUT2D eigenvalue weighted by Crippen LogP contribution is -2.56. The minimum Gasteiger partial charge on any atom is -0.492 e. The summed E-state index contributed by atoms with van der Waals surface area (Å²) in [6, 6.07) is 8.60. The second-order valence-corrected chi connectivity index (χ2v) is 8.35. The Hall–Kier alpha value is -1.99. The largest absolute Gasteiger partial charge is 0.492 e. The van der Waals surface area contributed by atoms with Gasteiger partial charge in [0.1, 0.15) is 5.75 Å². The molecule has 0 saturated carbocycles. The van der Waals surface area contributed by atoms with Crippen LogP contribution in [-0.4, -0.2) is 87.5 Å². The van der Waals surface area contributed by atoms with Crippen molar-refractivity contribution >= 4 is 11.7 Å². The molecule has 3 rings (SSSR count). The SMILES string of the molecule is CCOc1ccccc1N1CCN(C(=O)NCC(C(CC)CC)N2CCOCC2)CC1. The van der Waals surface area contributed by atoms with Crippen LogP contribution in [0.5, 0.6) is 5.75 Å². The molecule has 31 heavy (non-hydrogen) atoms. The summed E-state index contributed by atoms with van der Waals surface area (Å²) >= 11 is 0. The Balaban J connectivity index is 1.53. The molecule has 1 aromatic rings. The quantitative estimate of drug-likeness (QED) is 0.650. The molecule has 174 valence electrons. The first-order chi connectivity index (χ1) is 15.2. The Morgan fingerprint density at radius 1 is 1.03 bits per heavy atom. The van der Waals surface area contributed by atoms with E-state index in [0.29, 0.717) is 25.1 Å². The lowest BCUT2D eigenvalue weighted by atomic mass is 9.92. The predicted molar refractivity (Wildman–Crippen MR) is 125 cm³/mol. The molecule has 0 aliphatic carbocycles. The van der Waals surface area contributed by atoms with Crippen molar-refractivity contribution in [3.8, 4) is 5.75 Å². The van der Waals surface area contributed by atoms with E-state index in [9.17, 15) is 4.79 Å². The molecule has 1 atom stereocenters. The highest BCUT2D eigenvalue weighted by molar-refractivity contribution is 5.74. The fraction of sp³-hybridized carbons (Fsp3) is 0.708. The molecular weight excluding hydrogens is 392 g/mol. The number of ether oxygens (including phenoxy) is 2. The van der Waals surface area contributed by atoms with Crippen molar-refractivity contribution in [2.75, 3.05) is 70.5 Å². The smallest absolute Gasteiger partial charge is 0.317 e. The van der Waals surface area contributed by atoms with Gasteiger partial charge in [0.05, 0.1) is 25.5 Å². The lowest BCUT2D eigenvalue weighted by molar-refractivity contribution is 0.00210. The molecule has 1 unspecified atom stereocenters. The summed E-state index contributed by atoms with van der Waals surface area (Å²) in [5.41, 5.74) is 1.12. The number of nitrogens with one attached hydrogen (secondary N) is 1. The minimum atomic E-state index is 0.0574. The number of amides is 2. The zero-order chi connectivity index (χ0) is 22.1. The van der Waals surface area contributed by atoms with Crippen molar-refractivity contribution in [3.63, 3.8) is 0 Å². The Morgan fingerprint density at radius 3 is 2.35 bits per heavy atom. The zero-order valence-electron chi connectivity index (χ0n) is 19.5. The predicted octanol–water partition coefficient (Wildman–Crippen LogP) is 3.05. The van der Waals surface area contributed by atoms with E-state index in [2.05, 4.69) is 35.0 Å². The van der Waals surface area contributed by atoms with Gasteiger partial charge >= 0.3 is 6.03 Å². The number of hydrogen-bond acceptors (Lipinski definition) is 5. The zero-order valence-corrected chi connectivity index (χ0v) is 19.5. The maximum Gasteiger partial charge on any atom is 0.317 e. The number of para-hydroxylation sites is 2. The van der Waals surface area contributed by atoms with E-state index in [-0.39, 0.29) is 6.03 Å². The average molecular weight is 433 g/mol. The normalized spacial score (nSPS) is 18.8. The van der Waals surface area contributed by atoms with Crippen molar-refractivity contribution in [2.45, 2.75) is 39.7 Å². The maximum absolute atomic E-state index is 12.9. The number of nitrogens with zero attached hydrogens (tertiary/aromatic N) is 3. The minimum absolute atomic E-state index is 0.0574. The third-order valence-corrected chi connectivity index (χ3v) is 6.64. The highest BCUT2D eigenvalue weighted by atomic mass is 16.5. The standard InChI is InChI=1S/C24H40N4O3/c1-4-20(5-2)22(27-15-17-30-18-16-27)19-25-24(29)28-13-11-26(12-14-28)21-9-7-8-10-23(21)31-6-3/h7-10,20,22H,4-6,11-19H2,1-3H3,(H,25,29). The first kappa shape index (κ1) is 23.7. The summed E-state index contributed by atoms with van der Waals surface area (Å²) in [6.07, 6.45) is 2.26. The number of morpholine rings is 1. The van der Waals surface area contributed by atoms with Crippen LogP contribution in [0.3, 0.4) is 0 Å². The second-order valence-electron chi connectivity index (χ2n) is 8.35. The van der Waals surface area contributed by atoms with Gasteiger partial charge in [-0.25, -0.2) is 4.79 Å². The van der Waals surface area contributed by atoms with Crippen molar-refractivity contribution in [1.82, 2.24) is 15.1 Å². The van der Waals surface area contributed by atoms with Gasteiger partial charge < -0.3 is 24.6 Å². The molecule has 2 heterocycles. The summed E-state index contributed by atoms with van der Waals surface area (Å²) in [4.78, 5) is 19.7. The third-order valence-electron chi connectivity index (χ3n) is 6.64. The van der Waals surface area contributed by atoms with E-state index < -0.39 is 0 Å². The Kier molecular flexibility index (Phi) is 9.28. The fourth-order valence-electron chi connectivity index (χ4n) is 4.79. The van der Waals surface area contributed by atoms with E-state index >= 15 is 0 Å². The monoisotopic (exact) mass is 432 g/mol. The van der Waals surface area contributed by atoms with Gasteiger partial charge in [0.15, 0.2) is 0 Å². The molecule has 0 radical (unpaired) electrons. The van der Waals surface area contributed by atoms with Gasteiger partial charge in [0.2, 0.25) is 0 Å². The van der Waals surface area contributed by atoms with Gasteiger partial charge in [-0.3, -0.25) is 4.90 Å². The number of rotatable bonds is 9. The van der Waals surface area contributed by atoms with Crippen molar-refractivity contribution < 1.29 is 14.3 Å². The van der Waals surface area contributed by atoms with E-state index in [4.69, 9.17) is 9.47 Å². The van der Waals surface area contributed by atoms with Crippen LogP contribution in [0, 0.1) is 5.92 Å². The number of carbonyl (C=O) groups excluding carboxylic acids is 1. The Labute approximate surface area is 187 Å².